The van der Waals surface area contributed by atoms with Gasteiger partial charge in [0.25, 0.3) is 0 Å². The molecule has 1 aromatic carbocycles. The van der Waals surface area contributed by atoms with Gasteiger partial charge in [-0.15, -0.1) is 10.2 Å². The maximum Gasteiger partial charge on any atom is 0.331 e. The van der Waals surface area contributed by atoms with E-state index in [0.717, 1.165) is 16.3 Å². The first-order chi connectivity index (χ1) is 10.5. The molecule has 1 amide bonds. The first-order valence-electron chi connectivity index (χ1n) is 6.67. The van der Waals surface area contributed by atoms with Crippen LogP contribution in [0.3, 0.4) is 0 Å². The minimum atomic E-state index is -0.377. The van der Waals surface area contributed by atoms with Gasteiger partial charge in [0.2, 0.25) is 11.0 Å². The van der Waals surface area contributed by atoms with Crippen LogP contribution in [-0.2, 0) is 9.59 Å². The number of aryl methyl sites for hydroxylation is 2. The zero-order valence-corrected chi connectivity index (χ0v) is 12.9. The highest BCUT2D eigenvalue weighted by atomic mass is 32.1. The van der Waals surface area contributed by atoms with Crippen LogP contribution in [0.25, 0.3) is 0 Å². The Hall–Kier alpha value is -2.48. The second kappa shape index (κ2) is 5.72. The van der Waals surface area contributed by atoms with Crippen molar-refractivity contribution >= 4 is 34.0 Å². The summed E-state index contributed by atoms with van der Waals surface area (Å²) in [7, 11) is 0. The number of nitrogens with one attached hydrogen (secondary N) is 1. The van der Waals surface area contributed by atoms with Crippen LogP contribution in [0.15, 0.2) is 18.2 Å². The van der Waals surface area contributed by atoms with E-state index in [9.17, 15) is 9.59 Å². The molecule has 2 aromatic rings. The molecule has 7 nitrogen and oxygen atoms in total. The lowest BCUT2D eigenvalue weighted by Crippen LogP contribution is -2.41. The average molecular weight is 318 g/mol. The van der Waals surface area contributed by atoms with Crippen molar-refractivity contribution in [3.8, 4) is 5.75 Å². The molecule has 22 heavy (non-hydrogen) atoms. The van der Waals surface area contributed by atoms with Crippen LogP contribution in [0.5, 0.6) is 5.75 Å². The Balaban J connectivity index is 1.75. The van der Waals surface area contributed by atoms with Crippen LogP contribution in [0, 0.1) is 13.8 Å². The molecule has 0 radical (unpaired) electrons. The number of hydrogen-bond acceptors (Lipinski definition) is 7. The molecule has 0 saturated carbocycles. The molecule has 2 heterocycles. The van der Waals surface area contributed by atoms with Crippen LogP contribution in [0.1, 0.15) is 10.6 Å². The number of esters is 1. The van der Waals surface area contributed by atoms with Gasteiger partial charge in [-0.25, -0.2) is 4.79 Å². The summed E-state index contributed by atoms with van der Waals surface area (Å²) in [4.78, 5) is 25.5. The Labute approximate surface area is 130 Å². The number of fused-ring (bicyclic) bond motifs is 1. The molecule has 3 rings (SSSR count). The number of ether oxygens (including phenoxy) is 1. The van der Waals surface area contributed by atoms with Crippen LogP contribution >= 0.6 is 11.3 Å². The summed E-state index contributed by atoms with van der Waals surface area (Å²) >= 11 is 1.30. The quantitative estimate of drug-likeness (QED) is 0.682. The lowest BCUT2D eigenvalue weighted by atomic mass is 10.1. The number of aromatic nitrogens is 2. The van der Waals surface area contributed by atoms with E-state index in [1.54, 1.807) is 11.0 Å². The van der Waals surface area contributed by atoms with Gasteiger partial charge in [0.05, 0.1) is 12.2 Å². The van der Waals surface area contributed by atoms with Crippen molar-refractivity contribution in [2.45, 2.75) is 13.8 Å². The van der Waals surface area contributed by atoms with E-state index in [-0.39, 0.29) is 25.0 Å². The first-order valence-corrected chi connectivity index (χ1v) is 7.49. The summed E-state index contributed by atoms with van der Waals surface area (Å²) in [5.41, 5.74) is 1.72. The van der Waals surface area contributed by atoms with Crippen molar-refractivity contribution in [2.24, 2.45) is 0 Å². The van der Waals surface area contributed by atoms with Gasteiger partial charge < -0.3 is 9.64 Å². The molecule has 0 atom stereocenters. The number of rotatable bonds is 3. The van der Waals surface area contributed by atoms with E-state index in [1.165, 1.54) is 11.3 Å². The summed E-state index contributed by atoms with van der Waals surface area (Å²) in [6, 6.07) is 5.54. The molecule has 1 aliphatic heterocycles. The molecule has 8 heteroatoms. The third kappa shape index (κ3) is 3.06. The summed E-state index contributed by atoms with van der Waals surface area (Å²) in [6.07, 6.45) is 0. The average Bonchev–Trinajstić information content (AvgIpc) is 2.83. The van der Waals surface area contributed by atoms with Gasteiger partial charge in [0.1, 0.15) is 11.6 Å². The van der Waals surface area contributed by atoms with E-state index in [0.29, 0.717) is 10.9 Å². The molecule has 0 unspecified atom stereocenters. The first kappa shape index (κ1) is 14.5. The smallest absolute Gasteiger partial charge is 0.331 e. The van der Waals surface area contributed by atoms with Crippen LogP contribution in [0.2, 0.25) is 0 Å². The zero-order valence-electron chi connectivity index (χ0n) is 12.1. The van der Waals surface area contributed by atoms with Gasteiger partial charge in [-0.2, -0.15) is 0 Å². The normalized spacial score (nSPS) is 13.5. The van der Waals surface area contributed by atoms with Gasteiger partial charge in [-0.3, -0.25) is 10.1 Å². The van der Waals surface area contributed by atoms with E-state index in [2.05, 4.69) is 15.5 Å². The number of hydrogen-bond donors (Lipinski definition) is 1. The van der Waals surface area contributed by atoms with Gasteiger partial charge in [0, 0.05) is 0 Å². The summed E-state index contributed by atoms with van der Waals surface area (Å²) in [5, 5.41) is 11.6. The highest BCUT2D eigenvalue weighted by Gasteiger charge is 2.25. The Morgan fingerprint density at radius 1 is 1.41 bits per heavy atom. The minimum absolute atomic E-state index is 0.0403. The number of benzene rings is 1. The SMILES string of the molecule is Cc1ccc2c(c1)OC(=O)CN2CC(=O)Nc1nnc(C)s1. The highest BCUT2D eigenvalue weighted by molar-refractivity contribution is 7.15. The Morgan fingerprint density at radius 2 is 2.23 bits per heavy atom. The van der Waals surface area contributed by atoms with E-state index >= 15 is 0 Å². The summed E-state index contributed by atoms with van der Waals surface area (Å²) < 4.78 is 5.21. The van der Waals surface area contributed by atoms with E-state index in [4.69, 9.17) is 4.74 Å². The predicted octanol–water partition coefficient (Wildman–Crippen LogP) is 1.52. The molecule has 0 spiro atoms. The molecule has 0 bridgehead atoms. The standard InChI is InChI=1S/C14H14N4O3S/c1-8-3-4-10-11(5-8)21-13(20)7-18(10)6-12(19)15-14-17-16-9(2)22-14/h3-5H,6-7H2,1-2H3,(H,15,17,19). The monoisotopic (exact) mass is 318 g/mol. The number of carbonyl (C=O) groups is 2. The van der Waals surface area contributed by atoms with Gasteiger partial charge >= 0.3 is 5.97 Å². The maximum atomic E-state index is 12.1. The summed E-state index contributed by atoms with van der Waals surface area (Å²) in [5.74, 6) is -0.147. The van der Waals surface area contributed by atoms with Crippen molar-refractivity contribution < 1.29 is 14.3 Å². The van der Waals surface area contributed by atoms with Crippen molar-refractivity contribution in [2.75, 3.05) is 23.3 Å². The second-order valence-corrected chi connectivity index (χ2v) is 6.16. The van der Waals surface area contributed by atoms with Crippen LogP contribution in [-0.4, -0.2) is 35.2 Å². The lowest BCUT2D eigenvalue weighted by Gasteiger charge is -2.29. The fraction of sp³-hybridized carbons (Fsp3) is 0.286. The van der Waals surface area contributed by atoms with Crippen molar-refractivity contribution in [3.63, 3.8) is 0 Å². The van der Waals surface area contributed by atoms with Crippen LogP contribution < -0.4 is 15.0 Å². The topological polar surface area (TPSA) is 84.4 Å². The minimum Gasteiger partial charge on any atom is -0.423 e. The van der Waals surface area contributed by atoms with Gasteiger partial charge in [-0.05, 0) is 31.5 Å². The third-order valence-corrected chi connectivity index (χ3v) is 3.86. The highest BCUT2D eigenvalue weighted by Crippen LogP contribution is 2.32. The molecule has 1 aromatic heterocycles. The number of nitrogens with zero attached hydrogens (tertiary/aromatic N) is 3. The number of amides is 1. The second-order valence-electron chi connectivity index (χ2n) is 4.98. The molecule has 114 valence electrons. The molecule has 0 saturated heterocycles. The molecular weight excluding hydrogens is 304 g/mol. The molecule has 1 aliphatic rings. The molecule has 0 fully saturated rings. The Kier molecular flexibility index (Phi) is 3.76. The van der Waals surface area contributed by atoms with Crippen molar-refractivity contribution in [1.29, 1.82) is 0 Å². The van der Waals surface area contributed by atoms with Crippen molar-refractivity contribution in [1.82, 2.24) is 10.2 Å². The fourth-order valence-electron chi connectivity index (χ4n) is 2.18. The lowest BCUT2D eigenvalue weighted by molar-refractivity contribution is -0.133. The maximum absolute atomic E-state index is 12.1. The third-order valence-electron chi connectivity index (χ3n) is 3.11. The largest absolute Gasteiger partial charge is 0.423 e. The van der Waals surface area contributed by atoms with Gasteiger partial charge in [0.15, 0.2) is 5.75 Å². The molecule has 1 N–H and O–H groups in total. The molecule has 0 aliphatic carbocycles. The molecular formula is C14H14N4O3S. The van der Waals surface area contributed by atoms with Crippen molar-refractivity contribution in [3.05, 3.63) is 28.8 Å². The van der Waals surface area contributed by atoms with E-state index < -0.39 is 0 Å². The Morgan fingerprint density at radius 3 is 2.95 bits per heavy atom. The number of anilines is 2. The van der Waals surface area contributed by atoms with Gasteiger partial charge in [-0.1, -0.05) is 17.4 Å². The zero-order chi connectivity index (χ0) is 15.7. The number of carbonyl (C=O) groups excluding carboxylic acids is 2. The Bertz CT molecular complexity index is 743. The van der Waals surface area contributed by atoms with Crippen LogP contribution in [0.4, 0.5) is 10.8 Å². The predicted molar refractivity (Wildman–Crippen MR) is 82.3 cm³/mol. The van der Waals surface area contributed by atoms with E-state index in [1.807, 2.05) is 26.0 Å². The summed E-state index contributed by atoms with van der Waals surface area (Å²) in [6.45, 7) is 3.81. The fourth-order valence-corrected chi connectivity index (χ4v) is 2.79.